The summed E-state index contributed by atoms with van der Waals surface area (Å²) in [7, 11) is 0. The van der Waals surface area contributed by atoms with Crippen molar-refractivity contribution in [2.24, 2.45) is 28.3 Å². The van der Waals surface area contributed by atoms with Gasteiger partial charge in [0.05, 0.1) is 11.6 Å². The fraction of sp³-hybridized carbons (Fsp3) is 0.667. The third-order valence-corrected chi connectivity index (χ3v) is 6.33. The van der Waals surface area contributed by atoms with Crippen LogP contribution in [0.3, 0.4) is 0 Å². The summed E-state index contributed by atoms with van der Waals surface area (Å²) in [6.07, 6.45) is 5.36. The quantitative estimate of drug-likeness (QED) is 0.494. The first-order valence-electron chi connectivity index (χ1n) is 8.35. The van der Waals surface area contributed by atoms with E-state index in [1.165, 1.54) is 19.3 Å². The number of benzene rings is 1. The number of aliphatic hydroxyl groups is 1. The van der Waals surface area contributed by atoms with Crippen LogP contribution in [-0.2, 0) is 0 Å². The van der Waals surface area contributed by atoms with Crippen LogP contribution in [0.15, 0.2) is 35.4 Å². The second-order valence-corrected chi connectivity index (χ2v) is 8.15. The van der Waals surface area contributed by atoms with Crippen molar-refractivity contribution < 1.29 is 5.11 Å². The molecule has 0 spiro atoms. The van der Waals surface area contributed by atoms with Gasteiger partial charge in [0.2, 0.25) is 0 Å². The molecule has 4 fully saturated rings. The maximum Gasteiger partial charge on any atom is 0.0693 e. The van der Waals surface area contributed by atoms with Crippen LogP contribution in [0, 0.1) is 23.2 Å². The predicted molar refractivity (Wildman–Crippen MR) is 84.9 cm³/mol. The monoisotopic (exact) mass is 297 g/mol. The van der Waals surface area contributed by atoms with Crippen molar-refractivity contribution in [3.05, 3.63) is 46.3 Å². The molecule has 0 amide bonds. The van der Waals surface area contributed by atoms with Gasteiger partial charge in [-0.2, -0.15) is 0 Å². The fourth-order valence-electron chi connectivity index (χ4n) is 6.19. The van der Waals surface area contributed by atoms with Gasteiger partial charge in [-0.1, -0.05) is 42.4 Å². The molecule has 4 nitrogen and oxygen atoms in total. The molecule has 0 radical (unpaired) electrons. The molecule has 0 heterocycles. The molecule has 4 aliphatic carbocycles. The lowest BCUT2D eigenvalue weighted by Gasteiger charge is -2.64. The van der Waals surface area contributed by atoms with E-state index in [-0.39, 0.29) is 17.4 Å². The Morgan fingerprint density at radius 1 is 1.27 bits per heavy atom. The summed E-state index contributed by atoms with van der Waals surface area (Å²) in [6.45, 7) is 2.33. The second-order valence-electron chi connectivity index (χ2n) is 8.15. The molecule has 6 atom stereocenters. The Morgan fingerprint density at radius 3 is 2.68 bits per heavy atom. The van der Waals surface area contributed by atoms with E-state index in [0.717, 1.165) is 18.4 Å². The summed E-state index contributed by atoms with van der Waals surface area (Å²) >= 11 is 0. The predicted octanol–water partition coefficient (Wildman–Crippen LogP) is 4.62. The molecule has 22 heavy (non-hydrogen) atoms. The summed E-state index contributed by atoms with van der Waals surface area (Å²) in [4.78, 5) is 3.11. The van der Waals surface area contributed by atoms with E-state index in [9.17, 15) is 5.11 Å². The zero-order chi connectivity index (χ0) is 15.4. The van der Waals surface area contributed by atoms with Gasteiger partial charge >= 0.3 is 0 Å². The number of hydrogen-bond donors (Lipinski definition) is 1. The largest absolute Gasteiger partial charge is 0.390 e. The minimum atomic E-state index is -0.659. The van der Waals surface area contributed by atoms with Gasteiger partial charge in [0.15, 0.2) is 0 Å². The fourth-order valence-corrected chi connectivity index (χ4v) is 6.19. The van der Waals surface area contributed by atoms with Gasteiger partial charge < -0.3 is 5.11 Å². The summed E-state index contributed by atoms with van der Waals surface area (Å²) in [6, 6.07) is 9.74. The van der Waals surface area contributed by atoms with Gasteiger partial charge in [0.1, 0.15) is 0 Å². The molecule has 1 unspecified atom stereocenters. The Balaban J connectivity index is 1.76. The summed E-state index contributed by atoms with van der Waals surface area (Å²) in [5.41, 5.74) is 9.73. The van der Waals surface area contributed by atoms with Crippen LogP contribution in [0.1, 0.15) is 50.6 Å². The SMILES string of the molecule is C[C@]12CC3C[C@@H](C1)C[C@](O)(C2)[C@H]3[C@@H](N=[N+]=[N-])c1ccccc1. The maximum absolute atomic E-state index is 11.4. The molecule has 1 aromatic rings. The number of azide groups is 1. The zero-order valence-electron chi connectivity index (χ0n) is 13.0. The maximum atomic E-state index is 11.4. The minimum Gasteiger partial charge on any atom is -0.390 e. The molecule has 1 aromatic carbocycles. The Bertz CT molecular complexity index is 626. The molecule has 0 aliphatic heterocycles. The van der Waals surface area contributed by atoms with Gasteiger partial charge in [0.25, 0.3) is 0 Å². The van der Waals surface area contributed by atoms with E-state index in [1.807, 2.05) is 30.3 Å². The average molecular weight is 297 g/mol. The van der Waals surface area contributed by atoms with Crippen molar-refractivity contribution >= 4 is 0 Å². The first-order valence-corrected chi connectivity index (χ1v) is 8.35. The lowest BCUT2D eigenvalue weighted by atomic mass is 9.43. The normalized spacial score (nSPS) is 43.6. The van der Waals surface area contributed by atoms with E-state index in [0.29, 0.717) is 11.8 Å². The third-order valence-electron chi connectivity index (χ3n) is 6.33. The highest BCUT2D eigenvalue weighted by Gasteiger charge is 2.61. The van der Waals surface area contributed by atoms with E-state index in [2.05, 4.69) is 16.9 Å². The van der Waals surface area contributed by atoms with E-state index in [4.69, 9.17) is 5.53 Å². The first kappa shape index (κ1) is 14.1. The molecule has 5 rings (SSSR count). The Kier molecular flexibility index (Phi) is 3.04. The van der Waals surface area contributed by atoms with Gasteiger partial charge in [0, 0.05) is 10.8 Å². The third kappa shape index (κ3) is 2.05. The van der Waals surface area contributed by atoms with Crippen molar-refractivity contribution in [3.8, 4) is 0 Å². The van der Waals surface area contributed by atoms with Crippen LogP contribution in [0.2, 0.25) is 0 Å². The summed E-state index contributed by atoms with van der Waals surface area (Å²) < 4.78 is 0. The van der Waals surface area contributed by atoms with E-state index in [1.54, 1.807) is 0 Å². The molecule has 4 saturated carbocycles. The zero-order valence-corrected chi connectivity index (χ0v) is 13.0. The van der Waals surface area contributed by atoms with Crippen LogP contribution < -0.4 is 0 Å². The standard InChI is InChI=1S/C18H23N3O/c1-17-8-12-7-14(10-17)15(18(22,9-12)11-17)16(20-21-19)13-5-3-2-4-6-13/h2-6,12,14-16,22H,7-11H2,1H3/t12-,14?,15+,16-,17+,18-/m0/s1. The average Bonchev–Trinajstić information content (AvgIpc) is 2.44. The molecule has 4 aliphatic rings. The summed E-state index contributed by atoms with van der Waals surface area (Å²) in [5, 5.41) is 15.5. The molecule has 116 valence electrons. The number of hydrogen-bond acceptors (Lipinski definition) is 2. The van der Waals surface area contributed by atoms with Gasteiger partial charge in [-0.25, -0.2) is 0 Å². The molecule has 0 saturated heterocycles. The van der Waals surface area contributed by atoms with Crippen molar-refractivity contribution in [2.45, 2.75) is 50.7 Å². The molecule has 4 bridgehead atoms. The van der Waals surface area contributed by atoms with E-state index >= 15 is 0 Å². The lowest BCUT2D eigenvalue weighted by molar-refractivity contribution is -0.205. The van der Waals surface area contributed by atoms with Crippen LogP contribution in [0.25, 0.3) is 10.4 Å². The molecule has 1 N–H and O–H groups in total. The lowest BCUT2D eigenvalue weighted by Crippen LogP contribution is -2.61. The topological polar surface area (TPSA) is 69.0 Å². The summed E-state index contributed by atoms with van der Waals surface area (Å²) in [5.74, 6) is 1.20. The highest BCUT2D eigenvalue weighted by Crippen LogP contribution is 2.66. The molecule has 4 heteroatoms. The van der Waals surface area contributed by atoms with Crippen molar-refractivity contribution in [3.63, 3.8) is 0 Å². The highest BCUT2D eigenvalue weighted by atomic mass is 16.3. The van der Waals surface area contributed by atoms with E-state index < -0.39 is 5.60 Å². The van der Waals surface area contributed by atoms with Crippen molar-refractivity contribution in [1.29, 1.82) is 0 Å². The molecular weight excluding hydrogens is 274 g/mol. The minimum absolute atomic E-state index is 0.0652. The highest BCUT2D eigenvalue weighted by molar-refractivity contribution is 5.24. The molecular formula is C18H23N3O. The van der Waals surface area contributed by atoms with Crippen LogP contribution in [0.4, 0.5) is 0 Å². The van der Waals surface area contributed by atoms with Gasteiger partial charge in [-0.3, -0.25) is 0 Å². The Hall–Kier alpha value is -1.51. The number of rotatable bonds is 3. The van der Waals surface area contributed by atoms with Crippen LogP contribution >= 0.6 is 0 Å². The smallest absolute Gasteiger partial charge is 0.0693 e. The number of nitrogens with zero attached hydrogens (tertiary/aromatic N) is 3. The van der Waals surface area contributed by atoms with Gasteiger partial charge in [-0.15, -0.1) is 0 Å². The van der Waals surface area contributed by atoms with Crippen LogP contribution in [-0.4, -0.2) is 10.7 Å². The Labute approximate surface area is 131 Å². The van der Waals surface area contributed by atoms with Gasteiger partial charge in [-0.05, 0) is 60.4 Å². The van der Waals surface area contributed by atoms with Crippen molar-refractivity contribution in [2.75, 3.05) is 0 Å². The van der Waals surface area contributed by atoms with Crippen LogP contribution in [0.5, 0.6) is 0 Å². The second kappa shape index (κ2) is 4.74. The van der Waals surface area contributed by atoms with Crippen molar-refractivity contribution in [1.82, 2.24) is 0 Å². The Morgan fingerprint density at radius 2 is 2.05 bits per heavy atom. The first-order chi connectivity index (χ1) is 10.5. The molecule has 0 aromatic heterocycles.